The molecule has 0 unspecified atom stereocenters. The molecule has 0 bridgehead atoms. The first-order valence-corrected chi connectivity index (χ1v) is 7.06. The molecule has 0 radical (unpaired) electrons. The highest BCUT2D eigenvalue weighted by Gasteiger charge is 2.19. The van der Waals surface area contributed by atoms with E-state index >= 15 is 0 Å². The highest BCUT2D eigenvalue weighted by molar-refractivity contribution is 6.33. The Morgan fingerprint density at radius 2 is 1.83 bits per heavy atom. The SMILES string of the molecule is O/N=C\c1ncc(-c2ccc(F)cc2Cl)c(-c2cncnc2)c1F. The van der Waals surface area contributed by atoms with Gasteiger partial charge in [0.25, 0.3) is 0 Å². The van der Waals surface area contributed by atoms with Gasteiger partial charge in [0.2, 0.25) is 0 Å². The van der Waals surface area contributed by atoms with Crippen molar-refractivity contribution in [3.8, 4) is 22.3 Å². The van der Waals surface area contributed by atoms with Gasteiger partial charge < -0.3 is 5.21 Å². The van der Waals surface area contributed by atoms with Gasteiger partial charge in [-0.2, -0.15) is 0 Å². The zero-order chi connectivity index (χ0) is 17.1. The van der Waals surface area contributed by atoms with Crippen LogP contribution in [0, 0.1) is 11.6 Å². The number of nitrogens with zero attached hydrogens (tertiary/aromatic N) is 4. The van der Waals surface area contributed by atoms with Crippen LogP contribution in [-0.4, -0.2) is 26.4 Å². The van der Waals surface area contributed by atoms with Gasteiger partial charge in [-0.05, 0) is 18.2 Å². The fourth-order valence-electron chi connectivity index (χ4n) is 2.27. The van der Waals surface area contributed by atoms with Crippen molar-refractivity contribution in [3.05, 3.63) is 65.5 Å². The van der Waals surface area contributed by atoms with Crippen molar-refractivity contribution in [3.63, 3.8) is 0 Å². The van der Waals surface area contributed by atoms with E-state index in [0.717, 1.165) is 12.3 Å². The fourth-order valence-corrected chi connectivity index (χ4v) is 2.54. The third kappa shape index (κ3) is 2.93. The van der Waals surface area contributed by atoms with Gasteiger partial charge in [-0.3, -0.25) is 4.98 Å². The largest absolute Gasteiger partial charge is 0.411 e. The molecule has 0 amide bonds. The van der Waals surface area contributed by atoms with Crippen molar-refractivity contribution in [2.45, 2.75) is 0 Å². The lowest BCUT2D eigenvalue weighted by Crippen LogP contribution is -2.00. The second-order valence-corrected chi connectivity index (χ2v) is 5.15. The number of hydrogen-bond donors (Lipinski definition) is 1. The van der Waals surface area contributed by atoms with Crippen molar-refractivity contribution >= 4 is 17.8 Å². The summed E-state index contributed by atoms with van der Waals surface area (Å²) >= 11 is 6.09. The van der Waals surface area contributed by atoms with Crippen LogP contribution in [0.3, 0.4) is 0 Å². The summed E-state index contributed by atoms with van der Waals surface area (Å²) in [7, 11) is 0. The van der Waals surface area contributed by atoms with E-state index < -0.39 is 11.6 Å². The second-order valence-electron chi connectivity index (χ2n) is 4.74. The highest BCUT2D eigenvalue weighted by atomic mass is 35.5. The van der Waals surface area contributed by atoms with E-state index in [0.29, 0.717) is 16.7 Å². The average molecular weight is 347 g/mol. The molecule has 8 heteroatoms. The molecule has 0 aliphatic heterocycles. The summed E-state index contributed by atoms with van der Waals surface area (Å²) < 4.78 is 28.2. The smallest absolute Gasteiger partial charge is 0.159 e. The van der Waals surface area contributed by atoms with E-state index in [2.05, 4.69) is 20.1 Å². The zero-order valence-electron chi connectivity index (χ0n) is 12.0. The molecular formula is C16H9ClF2N4O. The van der Waals surface area contributed by atoms with Crippen molar-refractivity contribution in [1.82, 2.24) is 15.0 Å². The number of halogens is 3. The van der Waals surface area contributed by atoms with E-state index in [1.54, 1.807) is 0 Å². The van der Waals surface area contributed by atoms with Gasteiger partial charge in [-0.1, -0.05) is 16.8 Å². The number of benzene rings is 1. The van der Waals surface area contributed by atoms with Gasteiger partial charge in [-0.25, -0.2) is 18.7 Å². The van der Waals surface area contributed by atoms with Gasteiger partial charge in [0.1, 0.15) is 17.8 Å². The van der Waals surface area contributed by atoms with Gasteiger partial charge in [-0.15, -0.1) is 0 Å². The van der Waals surface area contributed by atoms with E-state index in [4.69, 9.17) is 16.8 Å². The average Bonchev–Trinajstić information content (AvgIpc) is 2.58. The third-order valence-electron chi connectivity index (χ3n) is 3.30. The third-order valence-corrected chi connectivity index (χ3v) is 3.61. The first-order chi connectivity index (χ1) is 11.6. The molecule has 0 atom stereocenters. The standard InChI is InChI=1S/C16H9ClF2N4O/c17-13-3-10(18)1-2-11(13)12-6-22-14(7-23-24)16(19)15(12)9-4-20-8-21-5-9/h1-8,24H/b23-7-. The Morgan fingerprint density at radius 3 is 2.50 bits per heavy atom. The molecule has 1 aromatic carbocycles. The Morgan fingerprint density at radius 1 is 1.08 bits per heavy atom. The molecule has 0 spiro atoms. The van der Waals surface area contributed by atoms with Crippen LogP contribution in [0.25, 0.3) is 22.3 Å². The minimum absolute atomic E-state index is 0.109. The van der Waals surface area contributed by atoms with E-state index in [1.807, 2.05) is 0 Å². The highest BCUT2D eigenvalue weighted by Crippen LogP contribution is 2.37. The minimum Gasteiger partial charge on any atom is -0.411 e. The quantitative estimate of drug-likeness (QED) is 0.443. The van der Waals surface area contributed by atoms with Crippen LogP contribution < -0.4 is 0 Å². The predicted molar refractivity (Wildman–Crippen MR) is 85.0 cm³/mol. The van der Waals surface area contributed by atoms with Gasteiger partial charge >= 0.3 is 0 Å². The van der Waals surface area contributed by atoms with Crippen LogP contribution in [-0.2, 0) is 0 Å². The fraction of sp³-hybridized carbons (Fsp3) is 0. The molecule has 0 aliphatic rings. The second kappa shape index (κ2) is 6.67. The lowest BCUT2D eigenvalue weighted by molar-refractivity contribution is 0.321. The Labute approximate surface area is 140 Å². The molecular weight excluding hydrogens is 338 g/mol. The Bertz CT molecular complexity index is 919. The predicted octanol–water partition coefficient (Wildman–Crippen LogP) is 3.95. The molecule has 0 fully saturated rings. The Balaban J connectivity index is 2.32. The molecule has 3 rings (SSSR count). The summed E-state index contributed by atoms with van der Waals surface area (Å²) in [6, 6.07) is 3.78. The lowest BCUT2D eigenvalue weighted by atomic mass is 9.96. The van der Waals surface area contributed by atoms with Crippen LogP contribution in [0.1, 0.15) is 5.69 Å². The number of pyridine rings is 1. The summed E-state index contributed by atoms with van der Waals surface area (Å²) in [5, 5.41) is 11.5. The van der Waals surface area contributed by atoms with E-state index in [1.165, 1.54) is 37.1 Å². The van der Waals surface area contributed by atoms with Crippen molar-refractivity contribution in [1.29, 1.82) is 0 Å². The number of aromatic nitrogens is 3. The first kappa shape index (κ1) is 15.9. The molecule has 0 saturated heterocycles. The maximum absolute atomic E-state index is 14.9. The summed E-state index contributed by atoms with van der Waals surface area (Å²) in [5.74, 6) is -1.24. The summed E-state index contributed by atoms with van der Waals surface area (Å²) in [4.78, 5) is 11.7. The summed E-state index contributed by atoms with van der Waals surface area (Å²) in [5.41, 5.74) is 1.06. The van der Waals surface area contributed by atoms with Crippen LogP contribution in [0.2, 0.25) is 5.02 Å². The van der Waals surface area contributed by atoms with Crippen molar-refractivity contribution in [2.75, 3.05) is 0 Å². The number of rotatable bonds is 3. The van der Waals surface area contributed by atoms with Crippen LogP contribution in [0.5, 0.6) is 0 Å². The monoisotopic (exact) mass is 346 g/mol. The molecule has 0 saturated carbocycles. The maximum Gasteiger partial charge on any atom is 0.159 e. The molecule has 5 nitrogen and oxygen atoms in total. The maximum atomic E-state index is 14.9. The summed E-state index contributed by atoms with van der Waals surface area (Å²) in [6.07, 6.45) is 6.39. The lowest BCUT2D eigenvalue weighted by Gasteiger charge is -2.13. The Kier molecular flexibility index (Phi) is 4.43. The van der Waals surface area contributed by atoms with Gasteiger partial charge in [0.15, 0.2) is 5.82 Å². The van der Waals surface area contributed by atoms with Crippen molar-refractivity contribution in [2.24, 2.45) is 5.16 Å². The topological polar surface area (TPSA) is 71.3 Å². The van der Waals surface area contributed by atoms with Crippen molar-refractivity contribution < 1.29 is 14.0 Å². The van der Waals surface area contributed by atoms with Gasteiger partial charge in [0.05, 0.1) is 11.2 Å². The molecule has 3 aromatic rings. The number of hydrogen-bond acceptors (Lipinski definition) is 5. The van der Waals surface area contributed by atoms with Gasteiger partial charge in [0, 0.05) is 40.8 Å². The molecule has 0 aliphatic carbocycles. The minimum atomic E-state index is -0.736. The molecule has 24 heavy (non-hydrogen) atoms. The Hall–Kier alpha value is -2.93. The first-order valence-electron chi connectivity index (χ1n) is 6.68. The van der Waals surface area contributed by atoms with E-state index in [-0.39, 0.29) is 16.3 Å². The molecule has 2 heterocycles. The van der Waals surface area contributed by atoms with Crippen LogP contribution in [0.15, 0.2) is 48.3 Å². The van der Waals surface area contributed by atoms with Crippen LogP contribution in [0.4, 0.5) is 8.78 Å². The molecule has 2 aromatic heterocycles. The zero-order valence-corrected chi connectivity index (χ0v) is 12.7. The normalized spacial score (nSPS) is 11.1. The molecule has 1 N–H and O–H groups in total. The van der Waals surface area contributed by atoms with E-state index in [9.17, 15) is 8.78 Å². The number of oxime groups is 1. The summed E-state index contributed by atoms with van der Waals surface area (Å²) in [6.45, 7) is 0. The van der Waals surface area contributed by atoms with Crippen LogP contribution >= 0.6 is 11.6 Å². The molecule has 120 valence electrons.